The predicted molar refractivity (Wildman–Crippen MR) is 70.7 cm³/mol. The van der Waals surface area contributed by atoms with E-state index in [1.165, 1.54) is 0 Å². The summed E-state index contributed by atoms with van der Waals surface area (Å²) in [6.07, 6.45) is 7.41. The lowest BCUT2D eigenvalue weighted by Gasteiger charge is -2.06. The van der Waals surface area contributed by atoms with Crippen molar-refractivity contribution in [2.75, 3.05) is 0 Å². The number of aryl methyl sites for hydroxylation is 1. The average Bonchev–Trinajstić information content (AvgIpc) is 2.78. The normalized spacial score (nSPS) is 10.9. The summed E-state index contributed by atoms with van der Waals surface area (Å²) in [5, 5.41) is 0. The molecule has 0 aliphatic carbocycles. The summed E-state index contributed by atoms with van der Waals surface area (Å²) >= 11 is 0. The van der Waals surface area contributed by atoms with Crippen LogP contribution in [0, 0.1) is 0 Å². The van der Waals surface area contributed by atoms with Gasteiger partial charge in [-0.2, -0.15) is 0 Å². The van der Waals surface area contributed by atoms with E-state index in [-0.39, 0.29) is 0 Å². The van der Waals surface area contributed by atoms with Crippen LogP contribution in [0.15, 0.2) is 42.9 Å². The Morgan fingerprint density at radius 2 is 2.06 bits per heavy atom. The molecule has 0 amide bonds. The SMILES string of the molecule is CCCc1nc2cccnc2n1-c1cccnc1. The van der Waals surface area contributed by atoms with Crippen molar-refractivity contribution in [3.63, 3.8) is 0 Å². The minimum atomic E-state index is 0.897. The molecule has 3 heterocycles. The van der Waals surface area contributed by atoms with E-state index in [4.69, 9.17) is 0 Å². The van der Waals surface area contributed by atoms with Gasteiger partial charge in [-0.1, -0.05) is 6.92 Å². The van der Waals surface area contributed by atoms with Crippen LogP contribution in [0.25, 0.3) is 16.9 Å². The zero-order valence-corrected chi connectivity index (χ0v) is 10.2. The van der Waals surface area contributed by atoms with Gasteiger partial charge >= 0.3 is 0 Å². The van der Waals surface area contributed by atoms with Gasteiger partial charge < -0.3 is 0 Å². The molecule has 0 saturated carbocycles. The molecule has 0 aromatic carbocycles. The largest absolute Gasteiger partial charge is 0.279 e. The van der Waals surface area contributed by atoms with E-state index < -0.39 is 0 Å². The summed E-state index contributed by atoms with van der Waals surface area (Å²) < 4.78 is 2.09. The van der Waals surface area contributed by atoms with Crippen molar-refractivity contribution in [1.29, 1.82) is 0 Å². The van der Waals surface area contributed by atoms with E-state index in [0.717, 1.165) is 35.5 Å². The molecule has 0 N–H and O–H groups in total. The molecule has 3 aromatic heterocycles. The fourth-order valence-electron chi connectivity index (χ4n) is 2.11. The molecule has 0 bridgehead atoms. The number of imidazole rings is 1. The quantitative estimate of drug-likeness (QED) is 0.704. The summed E-state index contributed by atoms with van der Waals surface area (Å²) in [5.74, 6) is 1.04. The van der Waals surface area contributed by atoms with Gasteiger partial charge in [-0.25, -0.2) is 9.97 Å². The average molecular weight is 238 g/mol. The molecule has 90 valence electrons. The lowest BCUT2D eigenvalue weighted by Crippen LogP contribution is -2.02. The van der Waals surface area contributed by atoms with Crippen molar-refractivity contribution < 1.29 is 0 Å². The Morgan fingerprint density at radius 1 is 1.17 bits per heavy atom. The molecule has 0 unspecified atom stereocenters. The molecule has 0 aliphatic rings. The van der Waals surface area contributed by atoms with Crippen LogP contribution < -0.4 is 0 Å². The minimum absolute atomic E-state index is 0.897. The van der Waals surface area contributed by atoms with Crippen LogP contribution in [0.3, 0.4) is 0 Å². The molecule has 0 fully saturated rings. The fourth-order valence-corrected chi connectivity index (χ4v) is 2.11. The molecule has 18 heavy (non-hydrogen) atoms. The van der Waals surface area contributed by atoms with Crippen molar-refractivity contribution in [2.45, 2.75) is 19.8 Å². The van der Waals surface area contributed by atoms with Crippen LogP contribution >= 0.6 is 0 Å². The molecule has 3 rings (SSSR count). The molecule has 4 nitrogen and oxygen atoms in total. The molecule has 4 heteroatoms. The lowest BCUT2D eigenvalue weighted by molar-refractivity contribution is 0.814. The Balaban J connectivity index is 2.28. The van der Waals surface area contributed by atoms with Crippen molar-refractivity contribution >= 4 is 11.2 Å². The van der Waals surface area contributed by atoms with Gasteiger partial charge in [0.05, 0.1) is 11.9 Å². The van der Waals surface area contributed by atoms with E-state index in [1.54, 1.807) is 12.4 Å². The van der Waals surface area contributed by atoms with E-state index in [1.807, 2.05) is 30.5 Å². The number of pyridine rings is 2. The van der Waals surface area contributed by atoms with E-state index in [2.05, 4.69) is 26.4 Å². The molecule has 0 radical (unpaired) electrons. The molecule has 3 aromatic rings. The van der Waals surface area contributed by atoms with Gasteiger partial charge in [0.25, 0.3) is 0 Å². The first-order valence-corrected chi connectivity index (χ1v) is 6.13. The highest BCUT2D eigenvalue weighted by atomic mass is 15.1. The maximum absolute atomic E-state index is 4.65. The van der Waals surface area contributed by atoms with Crippen LogP contribution in [-0.2, 0) is 6.42 Å². The second kappa shape index (κ2) is 4.56. The number of aromatic nitrogens is 4. The Kier molecular flexibility index (Phi) is 2.76. The van der Waals surface area contributed by atoms with Gasteiger partial charge in [0, 0.05) is 18.8 Å². The minimum Gasteiger partial charge on any atom is -0.279 e. The summed E-state index contributed by atoms with van der Waals surface area (Å²) in [6, 6.07) is 7.87. The highest BCUT2D eigenvalue weighted by molar-refractivity contribution is 5.73. The number of rotatable bonds is 3. The number of hydrogen-bond donors (Lipinski definition) is 0. The topological polar surface area (TPSA) is 43.6 Å². The highest BCUT2D eigenvalue weighted by Crippen LogP contribution is 2.19. The summed E-state index contributed by atoms with van der Waals surface area (Å²) in [4.78, 5) is 13.3. The van der Waals surface area contributed by atoms with Crippen LogP contribution in [-0.4, -0.2) is 19.5 Å². The first-order valence-electron chi connectivity index (χ1n) is 6.13. The summed E-state index contributed by atoms with van der Waals surface area (Å²) in [7, 11) is 0. The number of nitrogens with zero attached hydrogens (tertiary/aromatic N) is 4. The fraction of sp³-hybridized carbons (Fsp3) is 0.214. The third-order valence-corrected chi connectivity index (χ3v) is 2.86. The van der Waals surface area contributed by atoms with Crippen LogP contribution in [0.1, 0.15) is 19.2 Å². The second-order valence-electron chi connectivity index (χ2n) is 4.17. The number of hydrogen-bond acceptors (Lipinski definition) is 3. The Labute approximate surface area is 105 Å². The van der Waals surface area contributed by atoms with Crippen LogP contribution in [0.4, 0.5) is 0 Å². The standard InChI is InChI=1S/C14H14N4/c1-2-5-13-17-12-7-4-9-16-14(12)18(13)11-6-3-8-15-10-11/h3-4,6-10H,2,5H2,1H3. The highest BCUT2D eigenvalue weighted by Gasteiger charge is 2.12. The maximum Gasteiger partial charge on any atom is 0.164 e. The third kappa shape index (κ3) is 1.76. The molecular formula is C14H14N4. The van der Waals surface area contributed by atoms with Crippen molar-refractivity contribution in [1.82, 2.24) is 19.5 Å². The molecule has 0 saturated heterocycles. The molecule has 0 aliphatic heterocycles. The monoisotopic (exact) mass is 238 g/mol. The molecular weight excluding hydrogens is 224 g/mol. The van der Waals surface area contributed by atoms with Gasteiger partial charge in [0.1, 0.15) is 11.3 Å². The smallest absolute Gasteiger partial charge is 0.164 e. The maximum atomic E-state index is 4.65. The third-order valence-electron chi connectivity index (χ3n) is 2.86. The van der Waals surface area contributed by atoms with Gasteiger partial charge in [0.15, 0.2) is 5.65 Å². The van der Waals surface area contributed by atoms with Crippen LogP contribution in [0.5, 0.6) is 0 Å². The molecule has 0 atom stereocenters. The van der Waals surface area contributed by atoms with Gasteiger partial charge in [0.2, 0.25) is 0 Å². The predicted octanol–water partition coefficient (Wildman–Crippen LogP) is 2.77. The lowest BCUT2D eigenvalue weighted by atomic mass is 10.3. The second-order valence-corrected chi connectivity index (χ2v) is 4.17. The van der Waals surface area contributed by atoms with Gasteiger partial charge in [-0.15, -0.1) is 0 Å². The summed E-state index contributed by atoms with van der Waals surface area (Å²) in [5.41, 5.74) is 2.85. The first-order chi connectivity index (χ1) is 8.90. The Bertz CT molecular complexity index is 658. The van der Waals surface area contributed by atoms with E-state index in [9.17, 15) is 0 Å². The van der Waals surface area contributed by atoms with Crippen LogP contribution in [0.2, 0.25) is 0 Å². The summed E-state index contributed by atoms with van der Waals surface area (Å²) in [6.45, 7) is 2.15. The Morgan fingerprint density at radius 3 is 2.83 bits per heavy atom. The van der Waals surface area contributed by atoms with Crippen molar-refractivity contribution in [2.24, 2.45) is 0 Å². The molecule has 0 spiro atoms. The zero-order valence-electron chi connectivity index (χ0n) is 10.2. The first kappa shape index (κ1) is 10.9. The Hall–Kier alpha value is -2.23. The zero-order chi connectivity index (χ0) is 12.4. The van der Waals surface area contributed by atoms with Gasteiger partial charge in [-0.05, 0) is 30.7 Å². The number of fused-ring (bicyclic) bond motifs is 1. The van der Waals surface area contributed by atoms with E-state index >= 15 is 0 Å². The van der Waals surface area contributed by atoms with E-state index in [0.29, 0.717) is 0 Å². The van der Waals surface area contributed by atoms with Gasteiger partial charge in [-0.3, -0.25) is 9.55 Å². The van der Waals surface area contributed by atoms with Crippen molar-refractivity contribution in [3.8, 4) is 5.69 Å². The van der Waals surface area contributed by atoms with Crippen molar-refractivity contribution in [3.05, 3.63) is 48.7 Å².